The monoisotopic (exact) mass is 280 g/mol. The molecule has 2 N–H and O–H groups in total. The molecule has 0 spiro atoms. The van der Waals surface area contributed by atoms with Gasteiger partial charge in [0.25, 0.3) is 0 Å². The molecule has 0 aromatic heterocycles. The molecule has 0 radical (unpaired) electrons. The average Bonchev–Trinajstić information content (AvgIpc) is 2.39. The Morgan fingerprint density at radius 3 is 2.20 bits per heavy atom. The largest absolute Gasteiger partial charge is 0.508 e. The number of aliphatic hydroxyl groups is 1. The SMILES string of the molecule is CCOC(=O)C(C(C)C)C(O)(CC)c1ccc(O)cc1. The fourth-order valence-corrected chi connectivity index (χ4v) is 2.60. The van der Waals surface area contributed by atoms with Gasteiger partial charge in [0.1, 0.15) is 11.4 Å². The number of rotatable bonds is 6. The molecular formula is C16H24O4. The van der Waals surface area contributed by atoms with Crippen LogP contribution in [0.25, 0.3) is 0 Å². The van der Waals surface area contributed by atoms with Crippen LogP contribution in [0.2, 0.25) is 0 Å². The predicted molar refractivity (Wildman–Crippen MR) is 77.3 cm³/mol. The molecular weight excluding hydrogens is 256 g/mol. The third-order valence-corrected chi connectivity index (χ3v) is 3.63. The van der Waals surface area contributed by atoms with Gasteiger partial charge in [-0.05, 0) is 37.0 Å². The highest BCUT2D eigenvalue weighted by Gasteiger charge is 2.44. The second-order valence-electron chi connectivity index (χ2n) is 5.30. The highest BCUT2D eigenvalue weighted by molar-refractivity contribution is 5.74. The van der Waals surface area contributed by atoms with E-state index in [9.17, 15) is 15.0 Å². The number of esters is 1. The van der Waals surface area contributed by atoms with Gasteiger partial charge in [0.15, 0.2) is 0 Å². The first kappa shape index (κ1) is 16.5. The van der Waals surface area contributed by atoms with Crippen LogP contribution >= 0.6 is 0 Å². The van der Waals surface area contributed by atoms with E-state index in [-0.39, 0.29) is 24.2 Å². The average molecular weight is 280 g/mol. The van der Waals surface area contributed by atoms with Crippen molar-refractivity contribution < 1.29 is 19.7 Å². The molecule has 0 fully saturated rings. The van der Waals surface area contributed by atoms with Crippen LogP contribution in [-0.4, -0.2) is 22.8 Å². The minimum Gasteiger partial charge on any atom is -0.508 e. The smallest absolute Gasteiger partial charge is 0.312 e. The third-order valence-electron chi connectivity index (χ3n) is 3.63. The minimum absolute atomic E-state index is 0.0622. The van der Waals surface area contributed by atoms with Crippen molar-refractivity contribution in [3.05, 3.63) is 29.8 Å². The zero-order valence-corrected chi connectivity index (χ0v) is 12.6. The molecule has 1 aromatic carbocycles. The van der Waals surface area contributed by atoms with E-state index < -0.39 is 11.5 Å². The van der Waals surface area contributed by atoms with Gasteiger partial charge in [-0.1, -0.05) is 32.9 Å². The van der Waals surface area contributed by atoms with Gasteiger partial charge in [0.2, 0.25) is 0 Å². The zero-order valence-electron chi connectivity index (χ0n) is 12.6. The first-order valence-electron chi connectivity index (χ1n) is 7.05. The van der Waals surface area contributed by atoms with Crippen molar-refractivity contribution in [2.24, 2.45) is 11.8 Å². The highest BCUT2D eigenvalue weighted by atomic mass is 16.5. The molecule has 0 amide bonds. The summed E-state index contributed by atoms with van der Waals surface area (Å²) in [6, 6.07) is 6.32. The summed E-state index contributed by atoms with van der Waals surface area (Å²) in [5.41, 5.74) is -0.682. The Bertz CT molecular complexity index is 438. The quantitative estimate of drug-likeness (QED) is 0.786. The van der Waals surface area contributed by atoms with Gasteiger partial charge in [-0.3, -0.25) is 4.79 Å². The number of phenols is 1. The summed E-state index contributed by atoms with van der Waals surface area (Å²) in [7, 11) is 0. The minimum atomic E-state index is -1.30. The predicted octanol–water partition coefficient (Wildman–Crippen LogP) is 2.83. The van der Waals surface area contributed by atoms with Crippen molar-refractivity contribution in [2.75, 3.05) is 6.61 Å². The van der Waals surface area contributed by atoms with Crippen molar-refractivity contribution in [1.29, 1.82) is 0 Å². The van der Waals surface area contributed by atoms with Crippen LogP contribution in [0.15, 0.2) is 24.3 Å². The number of carbonyl (C=O) groups is 1. The summed E-state index contributed by atoms with van der Waals surface area (Å²) < 4.78 is 5.11. The van der Waals surface area contributed by atoms with Crippen LogP contribution in [0.4, 0.5) is 0 Å². The Hall–Kier alpha value is -1.55. The van der Waals surface area contributed by atoms with Crippen molar-refractivity contribution in [3.63, 3.8) is 0 Å². The summed E-state index contributed by atoms with van der Waals surface area (Å²) in [6.45, 7) is 7.66. The fraction of sp³-hybridized carbons (Fsp3) is 0.562. The van der Waals surface area contributed by atoms with Crippen molar-refractivity contribution >= 4 is 5.97 Å². The Balaban J connectivity index is 3.23. The second kappa shape index (κ2) is 6.75. The van der Waals surface area contributed by atoms with Crippen LogP contribution in [0.3, 0.4) is 0 Å². The van der Waals surface area contributed by atoms with E-state index >= 15 is 0 Å². The molecule has 0 heterocycles. The van der Waals surface area contributed by atoms with Gasteiger partial charge >= 0.3 is 5.97 Å². The lowest BCUT2D eigenvalue weighted by molar-refractivity contribution is -0.163. The van der Waals surface area contributed by atoms with Gasteiger partial charge in [-0.15, -0.1) is 0 Å². The van der Waals surface area contributed by atoms with E-state index in [0.717, 1.165) is 0 Å². The highest BCUT2D eigenvalue weighted by Crippen LogP contribution is 2.38. The molecule has 0 aliphatic carbocycles. The van der Waals surface area contributed by atoms with Gasteiger partial charge in [-0.25, -0.2) is 0 Å². The number of hydrogen-bond acceptors (Lipinski definition) is 4. The lowest BCUT2D eigenvalue weighted by Gasteiger charge is -2.36. The molecule has 20 heavy (non-hydrogen) atoms. The lowest BCUT2D eigenvalue weighted by Crippen LogP contribution is -2.43. The molecule has 0 saturated carbocycles. The van der Waals surface area contributed by atoms with Crippen LogP contribution in [0, 0.1) is 11.8 Å². The van der Waals surface area contributed by atoms with E-state index in [1.165, 1.54) is 12.1 Å². The third kappa shape index (κ3) is 3.31. The number of ether oxygens (including phenoxy) is 1. The van der Waals surface area contributed by atoms with Crippen molar-refractivity contribution in [3.8, 4) is 5.75 Å². The number of aromatic hydroxyl groups is 1. The van der Waals surface area contributed by atoms with Crippen LogP contribution < -0.4 is 0 Å². The molecule has 0 saturated heterocycles. The molecule has 2 unspecified atom stereocenters. The van der Waals surface area contributed by atoms with E-state index in [0.29, 0.717) is 12.0 Å². The summed E-state index contributed by atoms with van der Waals surface area (Å²) in [5.74, 6) is -0.964. The summed E-state index contributed by atoms with van der Waals surface area (Å²) in [4.78, 5) is 12.2. The van der Waals surface area contributed by atoms with Gasteiger partial charge in [-0.2, -0.15) is 0 Å². The molecule has 4 nitrogen and oxygen atoms in total. The topological polar surface area (TPSA) is 66.8 Å². The van der Waals surface area contributed by atoms with Gasteiger partial charge in [0.05, 0.1) is 12.5 Å². The van der Waals surface area contributed by atoms with E-state index in [2.05, 4.69) is 0 Å². The molecule has 112 valence electrons. The standard InChI is InChI=1S/C16H24O4/c1-5-16(19,12-7-9-13(17)10-8-12)14(11(3)4)15(18)20-6-2/h7-11,14,17,19H,5-6H2,1-4H3. The molecule has 1 rings (SSSR count). The van der Waals surface area contributed by atoms with Crippen LogP contribution in [-0.2, 0) is 15.1 Å². The molecule has 0 bridgehead atoms. The Morgan fingerprint density at radius 1 is 1.25 bits per heavy atom. The zero-order chi connectivity index (χ0) is 15.3. The first-order chi connectivity index (χ1) is 9.36. The first-order valence-corrected chi connectivity index (χ1v) is 7.05. The normalized spacial score (nSPS) is 15.7. The summed E-state index contributed by atoms with van der Waals surface area (Å²) in [5, 5.41) is 20.4. The fourth-order valence-electron chi connectivity index (χ4n) is 2.60. The summed E-state index contributed by atoms with van der Waals surface area (Å²) >= 11 is 0. The van der Waals surface area contributed by atoms with Crippen LogP contribution in [0.5, 0.6) is 5.75 Å². The Labute approximate surface area is 120 Å². The maximum atomic E-state index is 12.2. The van der Waals surface area contributed by atoms with Crippen LogP contribution in [0.1, 0.15) is 39.7 Å². The van der Waals surface area contributed by atoms with E-state index in [4.69, 9.17) is 4.74 Å². The lowest BCUT2D eigenvalue weighted by atomic mass is 9.73. The van der Waals surface area contributed by atoms with Crippen molar-refractivity contribution in [1.82, 2.24) is 0 Å². The number of benzene rings is 1. The maximum Gasteiger partial charge on any atom is 0.312 e. The van der Waals surface area contributed by atoms with Crippen molar-refractivity contribution in [2.45, 2.75) is 39.7 Å². The Morgan fingerprint density at radius 2 is 1.80 bits per heavy atom. The number of phenolic OH excluding ortho intramolecular Hbond substituents is 1. The molecule has 0 aliphatic heterocycles. The number of hydrogen-bond donors (Lipinski definition) is 2. The molecule has 1 aromatic rings. The molecule has 2 atom stereocenters. The Kier molecular flexibility index (Phi) is 5.57. The second-order valence-corrected chi connectivity index (χ2v) is 5.30. The van der Waals surface area contributed by atoms with E-state index in [1.54, 1.807) is 19.1 Å². The van der Waals surface area contributed by atoms with E-state index in [1.807, 2.05) is 20.8 Å². The summed E-state index contributed by atoms with van der Waals surface area (Å²) in [6.07, 6.45) is 0.388. The number of carbonyl (C=O) groups excluding carboxylic acids is 1. The molecule has 0 aliphatic rings. The maximum absolute atomic E-state index is 12.2. The van der Waals surface area contributed by atoms with Gasteiger partial charge < -0.3 is 14.9 Å². The molecule has 4 heteroatoms. The van der Waals surface area contributed by atoms with Gasteiger partial charge in [0, 0.05) is 0 Å².